The zero-order valence-corrected chi connectivity index (χ0v) is 22.0. The van der Waals surface area contributed by atoms with Crippen molar-refractivity contribution in [3.8, 4) is 23.0 Å². The lowest BCUT2D eigenvalue weighted by Gasteiger charge is -2.19. The number of hydrogen-bond donors (Lipinski definition) is 1. The fourth-order valence-electron chi connectivity index (χ4n) is 3.92. The quantitative estimate of drug-likeness (QED) is 0.226. The predicted octanol–water partition coefficient (Wildman–Crippen LogP) is 7.60. The van der Waals surface area contributed by atoms with E-state index >= 15 is 0 Å². The average molecular weight is 536 g/mol. The number of methoxy groups -OCH3 is 2. The Hall–Kier alpha value is -3.38. The largest absolute Gasteiger partial charge is 0.493 e. The van der Waals surface area contributed by atoms with Crippen LogP contribution in [0, 0.1) is 0 Å². The number of nitrogens with one attached hydrogen (secondary N) is 1. The van der Waals surface area contributed by atoms with Crippen LogP contribution in [0.1, 0.15) is 25.0 Å². The van der Waals surface area contributed by atoms with Gasteiger partial charge in [-0.25, -0.2) is 0 Å². The van der Waals surface area contributed by atoms with E-state index in [0.717, 1.165) is 37.8 Å². The molecular formula is C29H30BrNO4. The summed E-state index contributed by atoms with van der Waals surface area (Å²) >= 11 is 3.70. The van der Waals surface area contributed by atoms with Gasteiger partial charge in [0.05, 0.1) is 20.3 Å². The van der Waals surface area contributed by atoms with E-state index in [2.05, 4.69) is 33.4 Å². The number of fused-ring (bicyclic) bond motifs is 1. The fourth-order valence-corrected chi connectivity index (χ4v) is 4.38. The monoisotopic (exact) mass is 535 g/mol. The van der Waals surface area contributed by atoms with E-state index in [-0.39, 0.29) is 6.10 Å². The van der Waals surface area contributed by atoms with Crippen LogP contribution in [-0.4, -0.2) is 20.3 Å². The standard InChI is InChI=1S/C29H30BrNO4/c1-19(2)35-28-15-21-11-8-12-25(22(21)16-27(28)33-4)31-17-23-24(30)13-14-26(32-3)29(23)34-18-20-9-6-5-7-10-20/h5-16,19,31H,17-18H2,1-4H3. The molecule has 0 fully saturated rings. The van der Waals surface area contributed by atoms with Gasteiger partial charge < -0.3 is 24.3 Å². The fraction of sp³-hybridized carbons (Fsp3) is 0.241. The molecule has 0 unspecified atom stereocenters. The molecule has 0 bridgehead atoms. The number of halogens is 1. The van der Waals surface area contributed by atoms with Gasteiger partial charge in [-0.1, -0.05) is 58.4 Å². The maximum atomic E-state index is 6.26. The molecule has 0 radical (unpaired) electrons. The molecule has 0 aromatic heterocycles. The maximum absolute atomic E-state index is 6.26. The molecule has 0 saturated heterocycles. The minimum absolute atomic E-state index is 0.0578. The topological polar surface area (TPSA) is 49.0 Å². The highest BCUT2D eigenvalue weighted by Crippen LogP contribution is 2.39. The van der Waals surface area contributed by atoms with Crippen molar-refractivity contribution in [2.45, 2.75) is 33.1 Å². The highest BCUT2D eigenvalue weighted by atomic mass is 79.9. The van der Waals surface area contributed by atoms with Gasteiger partial charge >= 0.3 is 0 Å². The van der Waals surface area contributed by atoms with E-state index in [4.69, 9.17) is 18.9 Å². The molecule has 4 aromatic rings. The Morgan fingerprint density at radius 2 is 1.60 bits per heavy atom. The summed E-state index contributed by atoms with van der Waals surface area (Å²) in [6.45, 7) is 4.99. The summed E-state index contributed by atoms with van der Waals surface area (Å²) in [5, 5.41) is 5.70. The molecule has 0 aliphatic carbocycles. The third-order valence-corrected chi connectivity index (χ3v) is 6.34. The van der Waals surface area contributed by atoms with Crippen LogP contribution in [0.4, 0.5) is 5.69 Å². The van der Waals surface area contributed by atoms with Crippen molar-refractivity contribution in [1.82, 2.24) is 0 Å². The summed E-state index contributed by atoms with van der Waals surface area (Å²) in [5.74, 6) is 2.84. The smallest absolute Gasteiger partial charge is 0.167 e. The minimum atomic E-state index is 0.0578. The van der Waals surface area contributed by atoms with E-state index in [1.807, 2.05) is 74.5 Å². The third-order valence-electron chi connectivity index (χ3n) is 5.60. The molecule has 35 heavy (non-hydrogen) atoms. The summed E-state index contributed by atoms with van der Waals surface area (Å²) in [7, 11) is 3.32. The number of anilines is 1. The van der Waals surface area contributed by atoms with Crippen molar-refractivity contribution in [3.05, 3.63) is 88.4 Å². The second-order valence-corrected chi connectivity index (χ2v) is 9.24. The van der Waals surface area contributed by atoms with E-state index in [1.165, 1.54) is 0 Å². The van der Waals surface area contributed by atoms with Gasteiger partial charge in [-0.15, -0.1) is 0 Å². The van der Waals surface area contributed by atoms with E-state index < -0.39 is 0 Å². The first-order chi connectivity index (χ1) is 17.0. The molecule has 5 nitrogen and oxygen atoms in total. The van der Waals surface area contributed by atoms with Gasteiger partial charge in [-0.05, 0) is 55.1 Å². The first kappa shape index (κ1) is 24.7. The van der Waals surface area contributed by atoms with Crippen LogP contribution < -0.4 is 24.3 Å². The number of benzene rings is 4. The Balaban J connectivity index is 1.64. The van der Waals surface area contributed by atoms with Crippen LogP contribution in [0.15, 0.2) is 77.3 Å². The number of hydrogen-bond acceptors (Lipinski definition) is 5. The third kappa shape index (κ3) is 5.82. The van der Waals surface area contributed by atoms with Crippen molar-refractivity contribution in [1.29, 1.82) is 0 Å². The molecule has 0 heterocycles. The second kappa shape index (κ2) is 11.4. The maximum Gasteiger partial charge on any atom is 0.167 e. The lowest BCUT2D eigenvalue weighted by Crippen LogP contribution is -2.07. The average Bonchev–Trinajstić information content (AvgIpc) is 2.86. The number of rotatable bonds is 10. The summed E-state index contributed by atoms with van der Waals surface area (Å²) in [6, 6.07) is 24.2. The molecule has 4 aromatic carbocycles. The molecule has 0 amide bonds. The zero-order valence-electron chi connectivity index (χ0n) is 20.4. The van der Waals surface area contributed by atoms with Gasteiger partial charge in [0, 0.05) is 27.7 Å². The summed E-state index contributed by atoms with van der Waals surface area (Å²) in [4.78, 5) is 0. The first-order valence-corrected chi connectivity index (χ1v) is 12.3. The number of ether oxygens (including phenoxy) is 4. The van der Waals surface area contributed by atoms with Gasteiger partial charge in [0.2, 0.25) is 0 Å². The Labute approximate surface area is 215 Å². The lowest BCUT2D eigenvalue weighted by atomic mass is 10.1. The first-order valence-electron chi connectivity index (χ1n) is 11.5. The predicted molar refractivity (Wildman–Crippen MR) is 145 cm³/mol. The molecule has 0 aliphatic rings. The SMILES string of the molecule is COc1cc2c(NCc3c(Br)ccc(OC)c3OCc3ccccc3)cccc2cc1OC(C)C. The Morgan fingerprint density at radius 3 is 2.31 bits per heavy atom. The zero-order chi connectivity index (χ0) is 24.8. The van der Waals surface area contributed by atoms with Crippen LogP contribution in [0.25, 0.3) is 10.8 Å². The van der Waals surface area contributed by atoms with Crippen LogP contribution in [0.5, 0.6) is 23.0 Å². The lowest BCUT2D eigenvalue weighted by molar-refractivity contribution is 0.230. The molecule has 0 saturated carbocycles. The van der Waals surface area contributed by atoms with Crippen LogP contribution >= 0.6 is 15.9 Å². The Morgan fingerprint density at radius 1 is 0.829 bits per heavy atom. The molecule has 1 N–H and O–H groups in total. The minimum Gasteiger partial charge on any atom is -0.493 e. The molecule has 0 spiro atoms. The van der Waals surface area contributed by atoms with Crippen molar-refractivity contribution in [3.63, 3.8) is 0 Å². The van der Waals surface area contributed by atoms with Crippen molar-refractivity contribution in [2.75, 3.05) is 19.5 Å². The molecule has 0 aliphatic heterocycles. The van der Waals surface area contributed by atoms with Crippen LogP contribution in [-0.2, 0) is 13.2 Å². The van der Waals surface area contributed by atoms with Crippen LogP contribution in [0.2, 0.25) is 0 Å². The summed E-state index contributed by atoms with van der Waals surface area (Å²) in [5.41, 5.74) is 3.05. The molecule has 4 rings (SSSR count). The molecular weight excluding hydrogens is 506 g/mol. The van der Waals surface area contributed by atoms with Gasteiger partial charge in [0.15, 0.2) is 23.0 Å². The molecule has 6 heteroatoms. The normalized spacial score (nSPS) is 10.9. The van der Waals surface area contributed by atoms with E-state index in [1.54, 1.807) is 14.2 Å². The van der Waals surface area contributed by atoms with Gasteiger partial charge in [0.25, 0.3) is 0 Å². The second-order valence-electron chi connectivity index (χ2n) is 8.38. The van der Waals surface area contributed by atoms with Gasteiger partial charge in [-0.2, -0.15) is 0 Å². The van der Waals surface area contributed by atoms with Gasteiger partial charge in [-0.3, -0.25) is 0 Å². The van der Waals surface area contributed by atoms with Crippen molar-refractivity contribution >= 4 is 32.4 Å². The van der Waals surface area contributed by atoms with E-state index in [0.29, 0.717) is 30.4 Å². The van der Waals surface area contributed by atoms with Crippen LogP contribution in [0.3, 0.4) is 0 Å². The highest BCUT2D eigenvalue weighted by Gasteiger charge is 2.16. The molecule has 182 valence electrons. The highest BCUT2D eigenvalue weighted by molar-refractivity contribution is 9.10. The Kier molecular flexibility index (Phi) is 8.03. The van der Waals surface area contributed by atoms with Crippen molar-refractivity contribution < 1.29 is 18.9 Å². The van der Waals surface area contributed by atoms with Gasteiger partial charge in [0.1, 0.15) is 6.61 Å². The summed E-state index contributed by atoms with van der Waals surface area (Å²) < 4.78 is 24.4. The Bertz CT molecular complexity index is 1290. The van der Waals surface area contributed by atoms with E-state index in [9.17, 15) is 0 Å². The summed E-state index contributed by atoms with van der Waals surface area (Å²) in [6.07, 6.45) is 0.0578. The van der Waals surface area contributed by atoms with Crippen molar-refractivity contribution in [2.24, 2.45) is 0 Å². The molecule has 0 atom stereocenters.